The molecule has 11 heteroatoms. The van der Waals surface area contributed by atoms with Crippen molar-refractivity contribution in [2.75, 3.05) is 17.8 Å². The van der Waals surface area contributed by atoms with Gasteiger partial charge in [-0.3, -0.25) is 9.52 Å². The molecule has 2 aliphatic rings. The summed E-state index contributed by atoms with van der Waals surface area (Å²) in [5.41, 5.74) is 3.76. The van der Waals surface area contributed by atoms with Gasteiger partial charge in [-0.15, -0.1) is 12.4 Å². The molecule has 168 valence electrons. The van der Waals surface area contributed by atoms with Crippen molar-refractivity contribution in [2.45, 2.75) is 37.0 Å². The number of halogens is 4. The molecule has 0 fully saturated rings. The third-order valence-electron chi connectivity index (χ3n) is 5.38. The number of hydrogen-bond acceptors (Lipinski definition) is 4. The third kappa shape index (κ3) is 4.97. The minimum absolute atomic E-state index is 0. The Morgan fingerprint density at radius 2 is 1.74 bits per heavy atom. The van der Waals surface area contributed by atoms with E-state index in [0.717, 1.165) is 36.2 Å². The summed E-state index contributed by atoms with van der Waals surface area (Å²) in [6, 6.07) is 9.73. The van der Waals surface area contributed by atoms with E-state index >= 15 is 0 Å². The van der Waals surface area contributed by atoms with Gasteiger partial charge in [0.05, 0.1) is 4.90 Å². The van der Waals surface area contributed by atoms with Crippen LogP contribution in [0.3, 0.4) is 0 Å². The van der Waals surface area contributed by atoms with Crippen LogP contribution in [-0.4, -0.2) is 38.5 Å². The molecule has 0 bridgehead atoms. The lowest BCUT2D eigenvalue weighted by atomic mass is 10.00. The standard InChI is InChI=1S/C20H20F3N3O3S.ClH/c21-20(22,23)19(27)26-8-6-13-2-4-18(10-16(13)12-26)30(28,29)25-17-3-1-15-11-24-7-5-14(15)9-17;/h1-4,9-10,24-25H,5-8,11-12H2;1H. The molecule has 2 aliphatic heterocycles. The van der Waals surface area contributed by atoms with Crippen LogP contribution in [0.1, 0.15) is 22.3 Å². The summed E-state index contributed by atoms with van der Waals surface area (Å²) in [7, 11) is -3.93. The topological polar surface area (TPSA) is 78.5 Å². The molecule has 0 aromatic heterocycles. The zero-order valence-electron chi connectivity index (χ0n) is 16.3. The fraction of sp³-hybridized carbons (Fsp3) is 0.350. The molecule has 0 unspecified atom stereocenters. The molecule has 0 aliphatic carbocycles. The SMILES string of the molecule is Cl.O=C(N1CCc2ccc(S(=O)(=O)Nc3ccc4c(c3)CCNC4)cc2C1)C(F)(F)F. The minimum atomic E-state index is -4.95. The van der Waals surface area contributed by atoms with Gasteiger partial charge >= 0.3 is 12.1 Å². The van der Waals surface area contributed by atoms with Crippen molar-refractivity contribution in [2.24, 2.45) is 0 Å². The number of nitrogens with one attached hydrogen (secondary N) is 2. The Labute approximate surface area is 184 Å². The summed E-state index contributed by atoms with van der Waals surface area (Å²) < 4.78 is 66.5. The molecule has 2 aromatic rings. The summed E-state index contributed by atoms with van der Waals surface area (Å²) in [5, 5.41) is 3.25. The van der Waals surface area contributed by atoms with E-state index in [1.165, 1.54) is 12.1 Å². The quantitative estimate of drug-likeness (QED) is 0.715. The molecular weight excluding hydrogens is 455 g/mol. The van der Waals surface area contributed by atoms with E-state index in [4.69, 9.17) is 0 Å². The molecule has 4 rings (SSSR count). The van der Waals surface area contributed by atoms with Crippen LogP contribution in [0.25, 0.3) is 0 Å². The second kappa shape index (κ2) is 8.68. The van der Waals surface area contributed by atoms with Gasteiger partial charge in [0, 0.05) is 25.3 Å². The third-order valence-corrected chi connectivity index (χ3v) is 6.75. The summed E-state index contributed by atoms with van der Waals surface area (Å²) >= 11 is 0. The van der Waals surface area contributed by atoms with Crippen LogP contribution in [0.2, 0.25) is 0 Å². The first-order valence-corrected chi connectivity index (χ1v) is 10.9. The van der Waals surface area contributed by atoms with E-state index in [2.05, 4.69) is 10.0 Å². The van der Waals surface area contributed by atoms with E-state index in [0.29, 0.717) is 16.2 Å². The Bertz CT molecular complexity index is 1110. The van der Waals surface area contributed by atoms with E-state index in [1.54, 1.807) is 18.2 Å². The van der Waals surface area contributed by atoms with Gasteiger partial charge < -0.3 is 10.2 Å². The van der Waals surface area contributed by atoms with Gasteiger partial charge in [0.1, 0.15) is 0 Å². The van der Waals surface area contributed by atoms with Crippen molar-refractivity contribution < 1.29 is 26.4 Å². The predicted octanol–water partition coefficient (Wildman–Crippen LogP) is 3.00. The summed E-state index contributed by atoms with van der Waals surface area (Å²) in [5.74, 6) is -1.91. The van der Waals surface area contributed by atoms with Gasteiger partial charge in [-0.05, 0) is 65.9 Å². The lowest BCUT2D eigenvalue weighted by Gasteiger charge is -2.29. The summed E-state index contributed by atoms with van der Waals surface area (Å²) in [6.45, 7) is 1.23. The number of anilines is 1. The van der Waals surface area contributed by atoms with E-state index in [-0.39, 0.29) is 36.8 Å². The van der Waals surface area contributed by atoms with Gasteiger partial charge in [0.25, 0.3) is 10.0 Å². The predicted molar refractivity (Wildman–Crippen MR) is 112 cm³/mol. The first-order valence-electron chi connectivity index (χ1n) is 9.47. The zero-order chi connectivity index (χ0) is 21.5. The number of benzene rings is 2. The second-order valence-corrected chi connectivity index (χ2v) is 9.10. The monoisotopic (exact) mass is 475 g/mol. The highest BCUT2D eigenvalue weighted by Crippen LogP contribution is 2.28. The van der Waals surface area contributed by atoms with E-state index < -0.39 is 22.1 Å². The molecule has 31 heavy (non-hydrogen) atoms. The fourth-order valence-electron chi connectivity index (χ4n) is 3.81. The van der Waals surface area contributed by atoms with Crippen molar-refractivity contribution in [1.29, 1.82) is 0 Å². The molecule has 2 N–H and O–H groups in total. The van der Waals surface area contributed by atoms with Gasteiger partial charge in [0.2, 0.25) is 0 Å². The molecule has 0 atom stereocenters. The van der Waals surface area contributed by atoms with Gasteiger partial charge in [-0.1, -0.05) is 12.1 Å². The lowest BCUT2D eigenvalue weighted by Crippen LogP contribution is -2.43. The number of sulfonamides is 1. The Kier molecular flexibility index (Phi) is 6.54. The fourth-order valence-corrected chi connectivity index (χ4v) is 4.91. The second-order valence-electron chi connectivity index (χ2n) is 7.42. The maximum absolute atomic E-state index is 12.8. The van der Waals surface area contributed by atoms with Crippen molar-refractivity contribution in [3.63, 3.8) is 0 Å². The van der Waals surface area contributed by atoms with Gasteiger partial charge in [-0.2, -0.15) is 13.2 Å². The van der Waals surface area contributed by atoms with Crippen molar-refractivity contribution in [3.05, 3.63) is 58.7 Å². The number of fused-ring (bicyclic) bond motifs is 2. The summed E-state index contributed by atoms with van der Waals surface area (Å²) in [6.07, 6.45) is -3.92. The maximum atomic E-state index is 12.8. The van der Waals surface area contributed by atoms with Crippen LogP contribution >= 0.6 is 12.4 Å². The minimum Gasteiger partial charge on any atom is -0.330 e. The highest BCUT2D eigenvalue weighted by molar-refractivity contribution is 7.92. The highest BCUT2D eigenvalue weighted by atomic mass is 35.5. The molecule has 2 heterocycles. The first kappa shape index (κ1) is 23.4. The molecule has 1 amide bonds. The largest absolute Gasteiger partial charge is 0.471 e. The molecule has 0 saturated carbocycles. The molecule has 0 saturated heterocycles. The van der Waals surface area contributed by atoms with E-state index in [9.17, 15) is 26.4 Å². The Morgan fingerprint density at radius 1 is 1.00 bits per heavy atom. The number of amides is 1. The molecule has 0 radical (unpaired) electrons. The molecule has 2 aromatic carbocycles. The van der Waals surface area contributed by atoms with Crippen LogP contribution < -0.4 is 10.0 Å². The molecular formula is C20H21ClF3N3O3S. The van der Waals surface area contributed by atoms with Gasteiger partial charge in [-0.25, -0.2) is 8.42 Å². The number of carbonyl (C=O) groups is 1. The smallest absolute Gasteiger partial charge is 0.330 e. The van der Waals surface area contributed by atoms with Gasteiger partial charge in [0.15, 0.2) is 0 Å². The van der Waals surface area contributed by atoms with Crippen LogP contribution in [0.4, 0.5) is 18.9 Å². The van der Waals surface area contributed by atoms with Crippen molar-refractivity contribution in [1.82, 2.24) is 10.2 Å². The van der Waals surface area contributed by atoms with Crippen LogP contribution in [0.5, 0.6) is 0 Å². The number of hydrogen-bond donors (Lipinski definition) is 2. The Hall–Kier alpha value is -2.30. The lowest BCUT2D eigenvalue weighted by molar-refractivity contribution is -0.186. The molecule has 0 spiro atoms. The highest BCUT2D eigenvalue weighted by Gasteiger charge is 2.43. The number of alkyl halides is 3. The first-order chi connectivity index (χ1) is 14.1. The normalized spacial score (nSPS) is 16.0. The molecule has 6 nitrogen and oxygen atoms in total. The van der Waals surface area contributed by atoms with Crippen LogP contribution in [0, 0.1) is 0 Å². The van der Waals surface area contributed by atoms with E-state index in [1.807, 2.05) is 6.07 Å². The van der Waals surface area contributed by atoms with Crippen molar-refractivity contribution in [3.8, 4) is 0 Å². The Morgan fingerprint density at radius 3 is 2.48 bits per heavy atom. The van der Waals surface area contributed by atoms with Crippen LogP contribution in [-0.2, 0) is 40.7 Å². The average Bonchev–Trinajstić information content (AvgIpc) is 2.71. The summed E-state index contributed by atoms with van der Waals surface area (Å²) in [4.78, 5) is 12.2. The number of carbonyl (C=O) groups excluding carboxylic acids is 1. The number of rotatable bonds is 3. The number of nitrogens with zero attached hydrogens (tertiary/aromatic N) is 1. The van der Waals surface area contributed by atoms with Crippen molar-refractivity contribution >= 4 is 34.0 Å². The zero-order valence-corrected chi connectivity index (χ0v) is 18.0. The van der Waals surface area contributed by atoms with Crippen LogP contribution in [0.15, 0.2) is 41.3 Å². The maximum Gasteiger partial charge on any atom is 0.471 e. The average molecular weight is 476 g/mol. The Balaban J connectivity index is 0.00000272.